The van der Waals surface area contributed by atoms with Gasteiger partial charge in [0, 0.05) is 0 Å². The zero-order valence-electron chi connectivity index (χ0n) is 24.5. The first-order valence-corrected chi connectivity index (χ1v) is 13.3. The molecule has 0 fully saturated rings. The van der Waals surface area contributed by atoms with E-state index in [1.165, 1.54) is 58.2 Å². The first kappa shape index (κ1) is 35.2. The SMILES string of the molecule is C=C(C)c1ccc(-c2ccccc2C)c(CC)c1.C=Cc1ccc(C)cc1.CC.CCCCC.CF. The Morgan fingerprint density at radius 2 is 1.36 bits per heavy atom. The maximum atomic E-state index is 9.50. The minimum Gasteiger partial charge on any atom is -0.255 e. The molecule has 0 radical (unpaired) electrons. The lowest BCUT2D eigenvalue weighted by molar-refractivity contribution is 0.636. The van der Waals surface area contributed by atoms with Crippen LogP contribution in [0.25, 0.3) is 22.8 Å². The van der Waals surface area contributed by atoms with E-state index in [0.29, 0.717) is 7.18 Å². The Hall–Kier alpha value is -2.93. The van der Waals surface area contributed by atoms with Crippen molar-refractivity contribution in [2.45, 2.75) is 81.1 Å². The Balaban J connectivity index is 0. The van der Waals surface area contributed by atoms with Crippen molar-refractivity contribution in [2.24, 2.45) is 0 Å². The molecule has 0 saturated heterocycles. The topological polar surface area (TPSA) is 0 Å². The minimum atomic E-state index is 0.500. The van der Waals surface area contributed by atoms with E-state index >= 15 is 0 Å². The van der Waals surface area contributed by atoms with Gasteiger partial charge in [-0.25, -0.2) is 0 Å². The van der Waals surface area contributed by atoms with Crippen LogP contribution in [0.3, 0.4) is 0 Å². The molecule has 0 aliphatic rings. The molecule has 0 atom stereocenters. The standard InChI is InChI=1S/C18H20.C9H10.C5H12.C2H6.CH3F/c1-5-15-12-16(13(2)3)10-11-18(15)17-9-7-6-8-14(17)4;1-3-9-6-4-8(2)5-7-9;1-3-5-4-2;2*1-2/h6-12H,2,5H2,1,3-4H3;3-7H,1H2,2H3;3-5H2,1-2H3;1-2H3;1H3. The molecule has 1 heteroatoms. The summed E-state index contributed by atoms with van der Waals surface area (Å²) >= 11 is 0. The second-order valence-electron chi connectivity index (χ2n) is 8.29. The summed E-state index contributed by atoms with van der Waals surface area (Å²) in [6.45, 7) is 24.6. The lowest BCUT2D eigenvalue weighted by Crippen LogP contribution is -1.92. The van der Waals surface area contributed by atoms with Crippen LogP contribution in [0.15, 0.2) is 79.9 Å². The minimum absolute atomic E-state index is 0.500. The highest BCUT2D eigenvalue weighted by Gasteiger charge is 2.07. The second-order valence-corrected chi connectivity index (χ2v) is 8.29. The first-order valence-electron chi connectivity index (χ1n) is 13.3. The highest BCUT2D eigenvalue weighted by Crippen LogP contribution is 2.29. The third-order valence-electron chi connectivity index (χ3n) is 5.43. The van der Waals surface area contributed by atoms with Crippen molar-refractivity contribution < 1.29 is 4.39 Å². The van der Waals surface area contributed by atoms with Gasteiger partial charge >= 0.3 is 0 Å². The van der Waals surface area contributed by atoms with E-state index in [1.807, 2.05) is 19.9 Å². The van der Waals surface area contributed by atoms with Crippen LogP contribution in [0.2, 0.25) is 0 Å². The molecule has 0 saturated carbocycles. The Morgan fingerprint density at radius 3 is 1.78 bits per heavy atom. The van der Waals surface area contributed by atoms with Crippen molar-refractivity contribution in [3.05, 3.63) is 108 Å². The third kappa shape index (κ3) is 13.8. The maximum absolute atomic E-state index is 9.50. The number of benzene rings is 3. The van der Waals surface area contributed by atoms with E-state index < -0.39 is 0 Å². The molecule has 198 valence electrons. The number of unbranched alkanes of at least 4 members (excludes halogenated alkanes) is 2. The summed E-state index contributed by atoms with van der Waals surface area (Å²) in [7, 11) is 0.500. The monoisotopic (exact) mass is 490 g/mol. The zero-order chi connectivity index (χ0) is 27.9. The predicted molar refractivity (Wildman–Crippen MR) is 166 cm³/mol. The Bertz CT molecular complexity index is 962. The average molecular weight is 491 g/mol. The molecule has 0 aromatic heterocycles. The fourth-order valence-corrected chi connectivity index (χ4v) is 3.35. The van der Waals surface area contributed by atoms with Crippen molar-refractivity contribution in [2.75, 3.05) is 7.18 Å². The number of halogens is 1. The van der Waals surface area contributed by atoms with E-state index in [4.69, 9.17) is 0 Å². The summed E-state index contributed by atoms with van der Waals surface area (Å²) in [6, 6.07) is 23.5. The largest absolute Gasteiger partial charge is 0.255 e. The summed E-state index contributed by atoms with van der Waals surface area (Å²) in [5.74, 6) is 0. The molecular formula is C35H51F. The molecule has 0 aliphatic carbocycles. The summed E-state index contributed by atoms with van der Waals surface area (Å²) in [5.41, 5.74) is 10.2. The Kier molecular flexibility index (Phi) is 22.0. The van der Waals surface area contributed by atoms with Crippen LogP contribution in [0.1, 0.15) is 88.6 Å². The van der Waals surface area contributed by atoms with Gasteiger partial charge in [-0.05, 0) is 60.6 Å². The predicted octanol–water partition coefficient (Wildman–Crippen LogP) is 11.7. The van der Waals surface area contributed by atoms with Gasteiger partial charge in [-0.2, -0.15) is 0 Å². The van der Waals surface area contributed by atoms with Crippen molar-refractivity contribution >= 4 is 11.6 Å². The number of alkyl halides is 1. The molecule has 0 amide bonds. The maximum Gasteiger partial charge on any atom is 0.0785 e. The van der Waals surface area contributed by atoms with Crippen LogP contribution in [0.5, 0.6) is 0 Å². The molecule has 0 spiro atoms. The molecule has 36 heavy (non-hydrogen) atoms. The quantitative estimate of drug-likeness (QED) is 0.322. The number of hydrogen-bond donors (Lipinski definition) is 0. The van der Waals surface area contributed by atoms with E-state index in [-0.39, 0.29) is 0 Å². The zero-order valence-corrected chi connectivity index (χ0v) is 24.5. The van der Waals surface area contributed by atoms with Gasteiger partial charge in [-0.1, -0.05) is 151 Å². The first-order chi connectivity index (χ1) is 17.4. The Labute approximate surface area is 223 Å². The van der Waals surface area contributed by atoms with Gasteiger partial charge in [-0.3, -0.25) is 4.39 Å². The summed E-state index contributed by atoms with van der Waals surface area (Å²) in [5, 5.41) is 0. The smallest absolute Gasteiger partial charge is 0.0785 e. The molecule has 0 aliphatic heterocycles. The lowest BCUT2D eigenvalue weighted by atomic mass is 9.92. The van der Waals surface area contributed by atoms with Crippen LogP contribution < -0.4 is 0 Å². The fourth-order valence-electron chi connectivity index (χ4n) is 3.35. The van der Waals surface area contributed by atoms with Gasteiger partial charge in [0.15, 0.2) is 0 Å². The van der Waals surface area contributed by atoms with Crippen LogP contribution in [-0.2, 0) is 6.42 Å². The third-order valence-corrected chi connectivity index (χ3v) is 5.43. The molecule has 0 unspecified atom stereocenters. The summed E-state index contributed by atoms with van der Waals surface area (Å²) in [6.07, 6.45) is 6.97. The van der Waals surface area contributed by atoms with Gasteiger partial charge in [0.2, 0.25) is 0 Å². The van der Waals surface area contributed by atoms with Gasteiger partial charge < -0.3 is 0 Å². The normalized spacial score (nSPS) is 8.94. The van der Waals surface area contributed by atoms with E-state index in [9.17, 15) is 4.39 Å². The van der Waals surface area contributed by atoms with Crippen molar-refractivity contribution in [3.63, 3.8) is 0 Å². The molecular weight excluding hydrogens is 439 g/mol. The molecule has 3 aromatic carbocycles. The van der Waals surface area contributed by atoms with Crippen LogP contribution in [0.4, 0.5) is 4.39 Å². The van der Waals surface area contributed by atoms with Gasteiger partial charge in [0.05, 0.1) is 7.18 Å². The average Bonchev–Trinajstić information content (AvgIpc) is 2.92. The molecule has 0 nitrogen and oxygen atoms in total. The fraction of sp³-hybridized carbons (Fsp3) is 0.371. The highest BCUT2D eigenvalue weighted by atomic mass is 19.1. The lowest BCUT2D eigenvalue weighted by Gasteiger charge is -2.13. The van der Waals surface area contributed by atoms with E-state index in [1.54, 1.807) is 0 Å². The summed E-state index contributed by atoms with van der Waals surface area (Å²) < 4.78 is 9.50. The van der Waals surface area contributed by atoms with Gasteiger partial charge in [-0.15, -0.1) is 0 Å². The van der Waals surface area contributed by atoms with Crippen LogP contribution in [-0.4, -0.2) is 7.18 Å². The number of aryl methyl sites for hydroxylation is 3. The number of allylic oxidation sites excluding steroid dienone is 1. The van der Waals surface area contributed by atoms with Crippen molar-refractivity contribution in [1.29, 1.82) is 0 Å². The van der Waals surface area contributed by atoms with E-state index in [0.717, 1.165) is 12.0 Å². The molecule has 0 N–H and O–H groups in total. The van der Waals surface area contributed by atoms with E-state index in [2.05, 4.69) is 121 Å². The summed E-state index contributed by atoms with van der Waals surface area (Å²) in [4.78, 5) is 0. The second kappa shape index (κ2) is 22.5. The number of hydrogen-bond acceptors (Lipinski definition) is 0. The van der Waals surface area contributed by atoms with Crippen LogP contribution in [0, 0.1) is 13.8 Å². The highest BCUT2D eigenvalue weighted by molar-refractivity contribution is 5.74. The molecule has 3 aromatic rings. The number of rotatable bonds is 6. The van der Waals surface area contributed by atoms with Crippen molar-refractivity contribution in [3.8, 4) is 11.1 Å². The Morgan fingerprint density at radius 1 is 0.806 bits per heavy atom. The molecule has 0 heterocycles. The van der Waals surface area contributed by atoms with Crippen molar-refractivity contribution in [1.82, 2.24) is 0 Å². The molecule has 3 rings (SSSR count). The van der Waals surface area contributed by atoms with Crippen LogP contribution >= 0.6 is 0 Å². The molecule has 0 bridgehead atoms. The van der Waals surface area contributed by atoms with Gasteiger partial charge in [0.1, 0.15) is 0 Å². The van der Waals surface area contributed by atoms with Gasteiger partial charge in [0.25, 0.3) is 0 Å².